The van der Waals surface area contributed by atoms with Crippen molar-refractivity contribution in [3.05, 3.63) is 22.3 Å². The Morgan fingerprint density at radius 1 is 1.06 bits per heavy atom. The van der Waals surface area contributed by atoms with E-state index in [1.807, 2.05) is 7.05 Å². The summed E-state index contributed by atoms with van der Waals surface area (Å²) in [6.45, 7) is 5.66. The third kappa shape index (κ3) is 3.52. The zero-order valence-electron chi connectivity index (χ0n) is 11.0. The van der Waals surface area contributed by atoms with Crippen molar-refractivity contribution in [3.63, 3.8) is 0 Å². The molecule has 0 aromatic carbocycles. The van der Waals surface area contributed by atoms with Crippen molar-refractivity contribution in [2.24, 2.45) is 0 Å². The van der Waals surface area contributed by atoms with E-state index in [1.54, 1.807) is 11.1 Å². The summed E-state index contributed by atoms with van der Waals surface area (Å²) in [5, 5.41) is 3.21. The third-order valence-corrected chi connectivity index (χ3v) is 3.70. The lowest BCUT2D eigenvalue weighted by atomic mass is 9.82. The maximum atomic E-state index is 5.64. The van der Waals surface area contributed by atoms with E-state index in [4.69, 9.17) is 7.85 Å². The summed E-state index contributed by atoms with van der Waals surface area (Å²) in [7, 11) is 7.66. The molecule has 1 nitrogen and oxygen atoms in total. The normalized spacial score (nSPS) is 17.2. The average Bonchev–Trinajstić information content (AvgIpc) is 2.28. The molecule has 0 heterocycles. The predicted octanol–water partition coefficient (Wildman–Crippen LogP) is 3.39. The second-order valence-electron chi connectivity index (χ2n) is 4.70. The molecule has 0 saturated heterocycles. The highest BCUT2D eigenvalue weighted by Gasteiger charge is 2.14. The van der Waals surface area contributed by atoms with Gasteiger partial charge in [0.05, 0.1) is 7.85 Å². The molecule has 88 valence electrons. The number of hydrogen-bond acceptors (Lipinski definition) is 1. The van der Waals surface area contributed by atoms with Gasteiger partial charge in [-0.05, 0) is 70.7 Å². The molecular formula is C14H24BN. The highest BCUT2D eigenvalue weighted by Crippen LogP contribution is 2.33. The highest BCUT2D eigenvalue weighted by molar-refractivity contribution is 6.08. The molecule has 0 bridgehead atoms. The molecule has 0 saturated carbocycles. The van der Waals surface area contributed by atoms with Crippen LogP contribution < -0.4 is 5.32 Å². The van der Waals surface area contributed by atoms with Crippen molar-refractivity contribution in [1.29, 1.82) is 0 Å². The SMILES string of the molecule is [B]CCC1=C(C)C(C)=C(CCCNC)CC1. The molecule has 0 spiro atoms. The van der Waals surface area contributed by atoms with Crippen molar-refractivity contribution in [1.82, 2.24) is 5.32 Å². The first kappa shape index (κ1) is 13.6. The number of hydrogen-bond donors (Lipinski definition) is 1. The van der Waals surface area contributed by atoms with Crippen LogP contribution in [-0.4, -0.2) is 21.4 Å². The zero-order chi connectivity index (χ0) is 12.0. The van der Waals surface area contributed by atoms with E-state index in [2.05, 4.69) is 19.2 Å². The molecule has 0 atom stereocenters. The second-order valence-corrected chi connectivity index (χ2v) is 4.70. The van der Waals surface area contributed by atoms with Gasteiger partial charge in [-0.1, -0.05) is 17.5 Å². The van der Waals surface area contributed by atoms with Gasteiger partial charge < -0.3 is 5.32 Å². The van der Waals surface area contributed by atoms with E-state index in [9.17, 15) is 0 Å². The van der Waals surface area contributed by atoms with Gasteiger partial charge in [-0.15, -0.1) is 0 Å². The van der Waals surface area contributed by atoms with Crippen LogP contribution in [0.25, 0.3) is 0 Å². The number of nitrogens with one attached hydrogen (secondary N) is 1. The molecule has 16 heavy (non-hydrogen) atoms. The van der Waals surface area contributed by atoms with Crippen LogP contribution >= 0.6 is 0 Å². The van der Waals surface area contributed by atoms with Gasteiger partial charge >= 0.3 is 0 Å². The summed E-state index contributed by atoms with van der Waals surface area (Å²) >= 11 is 0. The highest BCUT2D eigenvalue weighted by atomic mass is 14.8. The predicted molar refractivity (Wildman–Crippen MR) is 73.0 cm³/mol. The molecular weight excluding hydrogens is 193 g/mol. The Kier molecular flexibility index (Phi) is 5.90. The summed E-state index contributed by atoms with van der Waals surface area (Å²) in [4.78, 5) is 0. The Morgan fingerprint density at radius 3 is 2.12 bits per heavy atom. The van der Waals surface area contributed by atoms with E-state index < -0.39 is 0 Å². The molecule has 0 aromatic rings. The molecule has 0 aliphatic heterocycles. The quantitative estimate of drug-likeness (QED) is 0.531. The van der Waals surface area contributed by atoms with E-state index in [0.29, 0.717) is 0 Å². The lowest BCUT2D eigenvalue weighted by Gasteiger charge is -2.23. The molecule has 0 amide bonds. The minimum absolute atomic E-state index is 0.787. The molecule has 0 aromatic heterocycles. The fourth-order valence-corrected chi connectivity index (χ4v) is 2.48. The molecule has 1 aliphatic carbocycles. The molecule has 0 fully saturated rings. The van der Waals surface area contributed by atoms with Crippen molar-refractivity contribution >= 4 is 7.85 Å². The lowest BCUT2D eigenvalue weighted by Crippen LogP contribution is -2.09. The number of allylic oxidation sites excluding steroid dienone is 4. The fraction of sp³-hybridized carbons (Fsp3) is 0.714. The smallest absolute Gasteiger partial charge is 0.0657 e. The van der Waals surface area contributed by atoms with Crippen LogP contribution in [0.1, 0.15) is 46.0 Å². The average molecular weight is 217 g/mol. The summed E-state index contributed by atoms with van der Waals surface area (Å²) in [5.74, 6) is 0. The first-order chi connectivity index (χ1) is 7.70. The molecule has 1 rings (SSSR count). The van der Waals surface area contributed by atoms with Crippen molar-refractivity contribution in [2.75, 3.05) is 13.6 Å². The maximum Gasteiger partial charge on any atom is 0.0657 e. The van der Waals surface area contributed by atoms with Gasteiger partial charge in [0.1, 0.15) is 0 Å². The zero-order valence-corrected chi connectivity index (χ0v) is 11.0. The minimum atomic E-state index is 0.787. The summed E-state index contributed by atoms with van der Waals surface area (Å²) in [6.07, 6.45) is 6.85. The van der Waals surface area contributed by atoms with Crippen LogP contribution in [0, 0.1) is 0 Å². The van der Waals surface area contributed by atoms with Crippen molar-refractivity contribution in [3.8, 4) is 0 Å². The Balaban J connectivity index is 2.65. The molecule has 1 N–H and O–H groups in total. The van der Waals surface area contributed by atoms with Crippen molar-refractivity contribution < 1.29 is 0 Å². The van der Waals surface area contributed by atoms with Crippen molar-refractivity contribution in [2.45, 2.75) is 52.3 Å². The van der Waals surface area contributed by atoms with E-state index in [-0.39, 0.29) is 0 Å². The van der Waals surface area contributed by atoms with E-state index >= 15 is 0 Å². The van der Waals surface area contributed by atoms with Crippen LogP contribution in [-0.2, 0) is 0 Å². The van der Waals surface area contributed by atoms with Gasteiger partial charge in [-0.3, -0.25) is 0 Å². The van der Waals surface area contributed by atoms with Gasteiger partial charge in [-0.25, -0.2) is 0 Å². The fourth-order valence-electron chi connectivity index (χ4n) is 2.48. The van der Waals surface area contributed by atoms with Crippen LogP contribution in [0.5, 0.6) is 0 Å². The van der Waals surface area contributed by atoms with Crippen LogP contribution in [0.4, 0.5) is 0 Å². The monoisotopic (exact) mass is 217 g/mol. The van der Waals surface area contributed by atoms with Crippen LogP contribution in [0.15, 0.2) is 22.3 Å². The van der Waals surface area contributed by atoms with E-state index in [1.165, 1.54) is 36.8 Å². The van der Waals surface area contributed by atoms with Crippen LogP contribution in [0.2, 0.25) is 6.32 Å². The largest absolute Gasteiger partial charge is 0.320 e. The summed E-state index contributed by atoms with van der Waals surface area (Å²) < 4.78 is 0. The first-order valence-electron chi connectivity index (χ1n) is 6.43. The Hall–Kier alpha value is -0.495. The van der Waals surface area contributed by atoms with Crippen LogP contribution in [0.3, 0.4) is 0 Å². The second kappa shape index (κ2) is 6.95. The Bertz CT molecular complexity index is 289. The molecule has 2 radical (unpaired) electrons. The topological polar surface area (TPSA) is 12.0 Å². The Morgan fingerprint density at radius 2 is 1.62 bits per heavy atom. The maximum absolute atomic E-state index is 5.64. The lowest BCUT2D eigenvalue weighted by molar-refractivity contribution is 0.686. The number of rotatable bonds is 6. The Labute approximate surface area is 102 Å². The van der Waals surface area contributed by atoms with Gasteiger partial charge in [-0.2, -0.15) is 0 Å². The molecule has 2 heteroatoms. The molecule has 1 aliphatic rings. The minimum Gasteiger partial charge on any atom is -0.320 e. The van der Waals surface area contributed by atoms with Gasteiger partial charge in [0, 0.05) is 0 Å². The summed E-state index contributed by atoms with van der Waals surface area (Å²) in [6, 6.07) is 0. The van der Waals surface area contributed by atoms with Gasteiger partial charge in [0.15, 0.2) is 0 Å². The van der Waals surface area contributed by atoms with Gasteiger partial charge in [0.2, 0.25) is 0 Å². The van der Waals surface area contributed by atoms with Gasteiger partial charge in [0.25, 0.3) is 0 Å². The standard InChI is InChI=1S/C14H24BN/c1-11-12(2)14(8-9-15)7-6-13(11)5-4-10-16-3/h16H,4-10H2,1-3H3. The molecule has 0 unspecified atom stereocenters. The van der Waals surface area contributed by atoms with E-state index in [0.717, 1.165) is 19.3 Å². The third-order valence-electron chi connectivity index (χ3n) is 3.70. The summed E-state index contributed by atoms with van der Waals surface area (Å²) in [5.41, 5.74) is 6.29. The first-order valence-corrected chi connectivity index (χ1v) is 6.43.